The first-order chi connectivity index (χ1) is 10.2. The van der Waals surface area contributed by atoms with Gasteiger partial charge >= 0.3 is 0 Å². The third kappa shape index (κ3) is 2.37. The predicted molar refractivity (Wildman–Crippen MR) is 79.0 cm³/mol. The Morgan fingerprint density at radius 1 is 1.43 bits per heavy atom. The van der Waals surface area contributed by atoms with Crippen LogP contribution in [0.25, 0.3) is 5.65 Å². The van der Waals surface area contributed by atoms with E-state index in [-0.39, 0.29) is 5.82 Å². The zero-order valence-electron chi connectivity index (χ0n) is 12.1. The van der Waals surface area contributed by atoms with E-state index < -0.39 is 0 Å². The fraction of sp³-hybridized carbons (Fsp3) is 0.600. The highest BCUT2D eigenvalue weighted by Gasteiger charge is 2.31. The van der Waals surface area contributed by atoms with E-state index in [0.717, 1.165) is 31.0 Å². The molecule has 2 aromatic rings. The van der Waals surface area contributed by atoms with E-state index in [4.69, 9.17) is 0 Å². The first-order valence-corrected chi connectivity index (χ1v) is 7.74. The fourth-order valence-corrected chi connectivity index (χ4v) is 3.12. The SMILES string of the molecule is CC(c1cc(NC2CCNC2)n2ncc(F)c2n1)C1CC1. The Hall–Kier alpha value is -1.69. The molecular formula is C15H20FN5. The largest absolute Gasteiger partial charge is 0.366 e. The molecule has 2 atom stereocenters. The van der Waals surface area contributed by atoms with E-state index in [1.807, 2.05) is 6.07 Å². The smallest absolute Gasteiger partial charge is 0.193 e. The van der Waals surface area contributed by atoms with Crippen molar-refractivity contribution in [2.45, 2.75) is 38.1 Å². The molecule has 2 N–H and O–H groups in total. The molecule has 6 heteroatoms. The van der Waals surface area contributed by atoms with Gasteiger partial charge < -0.3 is 10.6 Å². The molecule has 0 amide bonds. The summed E-state index contributed by atoms with van der Waals surface area (Å²) < 4.78 is 15.5. The summed E-state index contributed by atoms with van der Waals surface area (Å²) in [6.07, 6.45) is 4.82. The zero-order valence-corrected chi connectivity index (χ0v) is 12.1. The zero-order chi connectivity index (χ0) is 14.4. The molecule has 5 nitrogen and oxygen atoms in total. The minimum absolute atomic E-state index is 0.327. The molecule has 0 radical (unpaired) electrons. The molecule has 2 fully saturated rings. The van der Waals surface area contributed by atoms with Crippen molar-refractivity contribution >= 4 is 11.5 Å². The highest BCUT2D eigenvalue weighted by atomic mass is 19.1. The Bertz CT molecular complexity index is 657. The molecule has 0 bridgehead atoms. The first kappa shape index (κ1) is 13.0. The molecular weight excluding hydrogens is 269 g/mol. The Morgan fingerprint density at radius 2 is 2.29 bits per heavy atom. The Balaban J connectivity index is 1.74. The number of fused-ring (bicyclic) bond motifs is 1. The molecule has 1 saturated heterocycles. The van der Waals surface area contributed by atoms with Gasteiger partial charge in [0.1, 0.15) is 5.82 Å². The van der Waals surface area contributed by atoms with E-state index in [9.17, 15) is 4.39 Å². The highest BCUT2D eigenvalue weighted by molar-refractivity contribution is 5.51. The summed E-state index contributed by atoms with van der Waals surface area (Å²) >= 11 is 0. The van der Waals surface area contributed by atoms with Crippen LogP contribution in [0, 0.1) is 11.7 Å². The topological polar surface area (TPSA) is 54.2 Å². The lowest BCUT2D eigenvalue weighted by Crippen LogP contribution is -2.24. The number of anilines is 1. The van der Waals surface area contributed by atoms with E-state index in [1.165, 1.54) is 19.0 Å². The molecule has 2 unspecified atom stereocenters. The van der Waals surface area contributed by atoms with Crippen molar-refractivity contribution < 1.29 is 4.39 Å². The minimum atomic E-state index is -0.354. The summed E-state index contributed by atoms with van der Waals surface area (Å²) in [7, 11) is 0. The Morgan fingerprint density at radius 3 is 3.00 bits per heavy atom. The van der Waals surface area contributed by atoms with Crippen LogP contribution in [0.4, 0.5) is 10.2 Å². The van der Waals surface area contributed by atoms with Crippen LogP contribution in [-0.4, -0.2) is 33.7 Å². The summed E-state index contributed by atoms with van der Waals surface area (Å²) in [5, 5.41) is 10.9. The van der Waals surface area contributed by atoms with Crippen LogP contribution >= 0.6 is 0 Å². The van der Waals surface area contributed by atoms with Crippen LogP contribution in [0.3, 0.4) is 0 Å². The molecule has 1 saturated carbocycles. The summed E-state index contributed by atoms with van der Waals surface area (Å²) in [5.41, 5.74) is 1.30. The van der Waals surface area contributed by atoms with Gasteiger partial charge in [0.05, 0.1) is 6.20 Å². The van der Waals surface area contributed by atoms with Gasteiger partial charge in [-0.15, -0.1) is 0 Å². The quantitative estimate of drug-likeness (QED) is 0.905. The van der Waals surface area contributed by atoms with Crippen molar-refractivity contribution in [1.82, 2.24) is 19.9 Å². The summed E-state index contributed by atoms with van der Waals surface area (Å²) in [4.78, 5) is 4.50. The lowest BCUT2D eigenvalue weighted by atomic mass is 10.0. The Labute approximate surface area is 122 Å². The normalized spacial score (nSPS) is 23.6. The summed E-state index contributed by atoms with van der Waals surface area (Å²) in [5.74, 6) is 1.58. The third-order valence-electron chi connectivity index (χ3n) is 4.66. The van der Waals surface area contributed by atoms with E-state index in [1.54, 1.807) is 4.52 Å². The van der Waals surface area contributed by atoms with Crippen molar-refractivity contribution in [1.29, 1.82) is 0 Å². The van der Waals surface area contributed by atoms with Gasteiger partial charge in [0.15, 0.2) is 11.5 Å². The maximum Gasteiger partial charge on any atom is 0.193 e. The van der Waals surface area contributed by atoms with Crippen molar-refractivity contribution in [2.24, 2.45) is 5.92 Å². The summed E-state index contributed by atoms with van der Waals surface area (Å²) in [6.45, 7) is 4.14. The van der Waals surface area contributed by atoms with Crippen molar-refractivity contribution in [3.63, 3.8) is 0 Å². The number of nitrogens with zero attached hydrogens (tertiary/aromatic N) is 3. The van der Waals surface area contributed by atoms with E-state index in [0.29, 0.717) is 23.5 Å². The maximum absolute atomic E-state index is 13.9. The van der Waals surface area contributed by atoms with Crippen LogP contribution in [0.15, 0.2) is 12.3 Å². The van der Waals surface area contributed by atoms with Gasteiger partial charge in [-0.05, 0) is 31.7 Å². The molecule has 4 rings (SSSR count). The van der Waals surface area contributed by atoms with Gasteiger partial charge in [-0.1, -0.05) is 6.92 Å². The second kappa shape index (κ2) is 4.94. The number of nitrogens with one attached hydrogen (secondary N) is 2. The number of rotatable bonds is 4. The molecule has 2 aliphatic rings. The van der Waals surface area contributed by atoms with Gasteiger partial charge in [0, 0.05) is 30.3 Å². The van der Waals surface area contributed by atoms with Crippen LogP contribution in [0.5, 0.6) is 0 Å². The first-order valence-electron chi connectivity index (χ1n) is 7.74. The third-order valence-corrected chi connectivity index (χ3v) is 4.66. The van der Waals surface area contributed by atoms with Gasteiger partial charge in [0.2, 0.25) is 0 Å². The maximum atomic E-state index is 13.9. The van der Waals surface area contributed by atoms with E-state index in [2.05, 4.69) is 27.6 Å². The van der Waals surface area contributed by atoms with Crippen molar-refractivity contribution in [3.05, 3.63) is 23.8 Å². The second-order valence-electron chi connectivity index (χ2n) is 6.25. The van der Waals surface area contributed by atoms with Gasteiger partial charge in [-0.25, -0.2) is 9.37 Å². The molecule has 21 heavy (non-hydrogen) atoms. The van der Waals surface area contributed by atoms with Gasteiger partial charge in [-0.3, -0.25) is 0 Å². The molecule has 1 aliphatic carbocycles. The van der Waals surface area contributed by atoms with E-state index >= 15 is 0 Å². The van der Waals surface area contributed by atoms with Gasteiger partial charge in [0.25, 0.3) is 0 Å². The fourth-order valence-electron chi connectivity index (χ4n) is 3.12. The number of hydrogen-bond acceptors (Lipinski definition) is 4. The van der Waals surface area contributed by atoms with Crippen LogP contribution in [-0.2, 0) is 0 Å². The van der Waals surface area contributed by atoms with Gasteiger partial charge in [-0.2, -0.15) is 9.61 Å². The molecule has 0 aromatic carbocycles. The molecule has 2 aromatic heterocycles. The lowest BCUT2D eigenvalue weighted by Gasteiger charge is -2.17. The average molecular weight is 289 g/mol. The molecule has 0 spiro atoms. The lowest BCUT2D eigenvalue weighted by molar-refractivity contribution is 0.624. The number of halogens is 1. The molecule has 1 aliphatic heterocycles. The van der Waals surface area contributed by atoms with Crippen LogP contribution in [0.2, 0.25) is 0 Å². The standard InChI is InChI=1S/C15H20FN5/c1-9(10-2-3-10)13-6-14(19-11-4-5-17-7-11)21-15(20-13)12(16)8-18-21/h6,8-11,17,19H,2-5,7H2,1H3. The minimum Gasteiger partial charge on any atom is -0.366 e. The average Bonchev–Trinajstić information content (AvgIpc) is 3.09. The van der Waals surface area contributed by atoms with Crippen molar-refractivity contribution in [2.75, 3.05) is 18.4 Å². The Kier molecular flexibility index (Phi) is 3.06. The monoisotopic (exact) mass is 289 g/mol. The highest BCUT2D eigenvalue weighted by Crippen LogP contribution is 2.42. The number of aromatic nitrogens is 3. The second-order valence-corrected chi connectivity index (χ2v) is 6.25. The van der Waals surface area contributed by atoms with Crippen LogP contribution in [0.1, 0.15) is 37.8 Å². The molecule has 112 valence electrons. The van der Waals surface area contributed by atoms with Crippen LogP contribution < -0.4 is 10.6 Å². The summed E-state index contributed by atoms with van der Waals surface area (Å²) in [6, 6.07) is 2.41. The number of hydrogen-bond donors (Lipinski definition) is 2. The predicted octanol–water partition coefficient (Wildman–Crippen LogP) is 2.16. The van der Waals surface area contributed by atoms with Crippen molar-refractivity contribution in [3.8, 4) is 0 Å². The molecule has 3 heterocycles.